The lowest BCUT2D eigenvalue weighted by molar-refractivity contribution is 0.150. The summed E-state index contributed by atoms with van der Waals surface area (Å²) >= 11 is 3.08. The topological polar surface area (TPSA) is 0 Å². The molecule has 1 aromatic rings. The van der Waals surface area contributed by atoms with E-state index < -0.39 is 6.43 Å². The SMILES string of the molecule is CCc1ccc(Br)c(C(F)F)c1. The average Bonchev–Trinajstić information content (AvgIpc) is 2.05. The molecule has 1 rings (SSSR count). The molecule has 0 saturated heterocycles. The zero-order valence-corrected chi connectivity index (χ0v) is 8.24. The second-order valence-electron chi connectivity index (χ2n) is 2.51. The summed E-state index contributed by atoms with van der Waals surface area (Å²) < 4.78 is 25.1. The van der Waals surface area contributed by atoms with Crippen molar-refractivity contribution >= 4 is 15.9 Å². The Labute approximate surface area is 78.7 Å². The summed E-state index contributed by atoms with van der Waals surface area (Å²) in [6.07, 6.45) is -1.61. The Bertz CT molecular complexity index is 271. The zero-order valence-electron chi connectivity index (χ0n) is 6.65. The maximum Gasteiger partial charge on any atom is 0.264 e. The van der Waals surface area contributed by atoms with Gasteiger partial charge in [0, 0.05) is 10.0 Å². The first kappa shape index (κ1) is 9.65. The highest BCUT2D eigenvalue weighted by Crippen LogP contribution is 2.28. The molecule has 0 nitrogen and oxygen atoms in total. The predicted molar refractivity (Wildman–Crippen MR) is 48.5 cm³/mol. The maximum absolute atomic E-state index is 12.3. The Morgan fingerprint density at radius 3 is 2.58 bits per heavy atom. The van der Waals surface area contributed by atoms with E-state index in [1.54, 1.807) is 6.07 Å². The molecule has 0 aromatic heterocycles. The third-order valence-corrected chi connectivity index (χ3v) is 2.43. The van der Waals surface area contributed by atoms with Gasteiger partial charge in [0.2, 0.25) is 0 Å². The molecule has 0 heterocycles. The summed E-state index contributed by atoms with van der Waals surface area (Å²) in [5, 5.41) is 0. The van der Waals surface area contributed by atoms with Crippen LogP contribution in [0.1, 0.15) is 24.5 Å². The molecule has 0 aliphatic rings. The number of alkyl halides is 2. The second kappa shape index (κ2) is 3.99. The van der Waals surface area contributed by atoms with Crippen LogP contribution in [-0.4, -0.2) is 0 Å². The van der Waals surface area contributed by atoms with Crippen LogP contribution >= 0.6 is 15.9 Å². The molecule has 0 N–H and O–H groups in total. The lowest BCUT2D eigenvalue weighted by Crippen LogP contribution is -1.89. The van der Waals surface area contributed by atoms with E-state index in [9.17, 15) is 8.78 Å². The van der Waals surface area contributed by atoms with Gasteiger partial charge >= 0.3 is 0 Å². The van der Waals surface area contributed by atoms with E-state index in [-0.39, 0.29) is 5.56 Å². The molecular weight excluding hydrogens is 226 g/mol. The van der Waals surface area contributed by atoms with Crippen molar-refractivity contribution in [2.45, 2.75) is 19.8 Å². The number of aryl methyl sites for hydroxylation is 1. The number of halogens is 3. The van der Waals surface area contributed by atoms with Crippen molar-refractivity contribution in [3.8, 4) is 0 Å². The van der Waals surface area contributed by atoms with Crippen LogP contribution < -0.4 is 0 Å². The molecule has 0 atom stereocenters. The Hall–Kier alpha value is -0.440. The van der Waals surface area contributed by atoms with E-state index in [1.165, 1.54) is 6.07 Å². The molecule has 66 valence electrons. The van der Waals surface area contributed by atoms with E-state index in [0.29, 0.717) is 4.47 Å². The normalized spacial score (nSPS) is 10.8. The standard InChI is InChI=1S/C9H9BrF2/c1-2-6-3-4-8(10)7(5-6)9(11)12/h3-5,9H,2H2,1H3. The van der Waals surface area contributed by atoms with Gasteiger partial charge < -0.3 is 0 Å². The summed E-state index contributed by atoms with van der Waals surface area (Å²) in [5.41, 5.74) is 1.02. The molecule has 0 aliphatic carbocycles. The zero-order chi connectivity index (χ0) is 9.14. The van der Waals surface area contributed by atoms with Crippen molar-refractivity contribution < 1.29 is 8.78 Å². The van der Waals surface area contributed by atoms with Crippen LogP contribution in [-0.2, 0) is 6.42 Å². The molecule has 0 saturated carbocycles. The number of benzene rings is 1. The van der Waals surface area contributed by atoms with Crippen LogP contribution in [0.25, 0.3) is 0 Å². The summed E-state index contributed by atoms with van der Waals surface area (Å²) in [7, 11) is 0. The number of rotatable bonds is 2. The fraction of sp³-hybridized carbons (Fsp3) is 0.333. The fourth-order valence-electron chi connectivity index (χ4n) is 0.980. The van der Waals surface area contributed by atoms with Crippen molar-refractivity contribution in [2.75, 3.05) is 0 Å². The smallest absolute Gasteiger partial charge is 0.205 e. The van der Waals surface area contributed by atoms with Gasteiger partial charge in [-0.25, -0.2) is 8.78 Å². The molecule has 0 aliphatic heterocycles. The van der Waals surface area contributed by atoms with Crippen molar-refractivity contribution in [1.82, 2.24) is 0 Å². The third kappa shape index (κ3) is 2.03. The van der Waals surface area contributed by atoms with E-state index in [2.05, 4.69) is 15.9 Å². The molecule has 1 aromatic carbocycles. The molecule has 0 fully saturated rings. The molecule has 0 radical (unpaired) electrons. The summed E-state index contributed by atoms with van der Waals surface area (Å²) in [6.45, 7) is 1.94. The van der Waals surface area contributed by atoms with Crippen molar-refractivity contribution in [3.63, 3.8) is 0 Å². The summed E-state index contributed by atoms with van der Waals surface area (Å²) in [4.78, 5) is 0. The molecule has 3 heteroatoms. The molecule has 12 heavy (non-hydrogen) atoms. The summed E-state index contributed by atoms with van der Waals surface area (Å²) in [6, 6.07) is 5.05. The molecule has 0 amide bonds. The van der Waals surface area contributed by atoms with Crippen LogP contribution in [0.2, 0.25) is 0 Å². The van der Waals surface area contributed by atoms with Crippen LogP contribution in [0, 0.1) is 0 Å². The van der Waals surface area contributed by atoms with Gasteiger partial charge in [-0.2, -0.15) is 0 Å². The predicted octanol–water partition coefficient (Wildman–Crippen LogP) is 3.95. The monoisotopic (exact) mass is 234 g/mol. The largest absolute Gasteiger partial charge is 0.264 e. The van der Waals surface area contributed by atoms with E-state index in [0.717, 1.165) is 12.0 Å². The van der Waals surface area contributed by atoms with E-state index in [4.69, 9.17) is 0 Å². The van der Waals surface area contributed by atoms with Gasteiger partial charge in [0.25, 0.3) is 6.43 Å². The highest BCUT2D eigenvalue weighted by Gasteiger charge is 2.11. The van der Waals surface area contributed by atoms with Crippen LogP contribution in [0.15, 0.2) is 22.7 Å². The quantitative estimate of drug-likeness (QED) is 0.727. The van der Waals surface area contributed by atoms with E-state index >= 15 is 0 Å². The van der Waals surface area contributed by atoms with Gasteiger partial charge in [-0.1, -0.05) is 28.9 Å². The molecule has 0 unspecified atom stereocenters. The van der Waals surface area contributed by atoms with Crippen LogP contribution in [0.3, 0.4) is 0 Å². The van der Waals surface area contributed by atoms with Gasteiger partial charge in [0.15, 0.2) is 0 Å². The lowest BCUT2D eigenvalue weighted by Gasteiger charge is -2.04. The Balaban J connectivity index is 3.08. The van der Waals surface area contributed by atoms with Crippen molar-refractivity contribution in [2.24, 2.45) is 0 Å². The minimum absolute atomic E-state index is 0.0781. The van der Waals surface area contributed by atoms with Crippen molar-refractivity contribution in [3.05, 3.63) is 33.8 Å². The number of hydrogen-bond acceptors (Lipinski definition) is 0. The Kier molecular flexibility index (Phi) is 3.20. The minimum atomic E-state index is -2.40. The second-order valence-corrected chi connectivity index (χ2v) is 3.36. The van der Waals surface area contributed by atoms with E-state index in [1.807, 2.05) is 13.0 Å². The number of hydrogen-bond donors (Lipinski definition) is 0. The first-order valence-electron chi connectivity index (χ1n) is 3.71. The van der Waals surface area contributed by atoms with Gasteiger partial charge in [-0.15, -0.1) is 0 Å². The Morgan fingerprint density at radius 2 is 2.08 bits per heavy atom. The van der Waals surface area contributed by atoms with Gasteiger partial charge in [0.1, 0.15) is 0 Å². The van der Waals surface area contributed by atoms with Gasteiger partial charge in [0.05, 0.1) is 0 Å². The Morgan fingerprint density at radius 1 is 1.42 bits per heavy atom. The lowest BCUT2D eigenvalue weighted by atomic mass is 10.1. The first-order valence-corrected chi connectivity index (χ1v) is 4.51. The minimum Gasteiger partial charge on any atom is -0.205 e. The first-order chi connectivity index (χ1) is 5.65. The molecule has 0 bridgehead atoms. The fourth-order valence-corrected chi connectivity index (χ4v) is 1.40. The highest BCUT2D eigenvalue weighted by molar-refractivity contribution is 9.10. The van der Waals surface area contributed by atoms with Crippen molar-refractivity contribution in [1.29, 1.82) is 0 Å². The highest BCUT2D eigenvalue weighted by atomic mass is 79.9. The summed E-state index contributed by atoms with van der Waals surface area (Å²) in [5.74, 6) is 0. The maximum atomic E-state index is 12.3. The van der Waals surface area contributed by atoms with Gasteiger partial charge in [-0.3, -0.25) is 0 Å². The molecule has 0 spiro atoms. The van der Waals surface area contributed by atoms with Gasteiger partial charge in [-0.05, 0) is 24.1 Å². The van der Waals surface area contributed by atoms with Crippen LogP contribution in [0.5, 0.6) is 0 Å². The molecular formula is C9H9BrF2. The van der Waals surface area contributed by atoms with Crippen LogP contribution in [0.4, 0.5) is 8.78 Å². The third-order valence-electron chi connectivity index (χ3n) is 1.70. The average molecular weight is 235 g/mol.